The summed E-state index contributed by atoms with van der Waals surface area (Å²) in [4.78, 5) is 2.39. The molecule has 0 saturated heterocycles. The number of nitrogens with zero attached hydrogens (tertiary/aromatic N) is 2. The molecule has 270 valence electrons. The lowest BCUT2D eigenvalue weighted by Gasteiger charge is -2.28. The van der Waals surface area contributed by atoms with Crippen LogP contribution in [0, 0.1) is 0 Å². The predicted octanol–water partition coefficient (Wildman–Crippen LogP) is 15.0. The zero-order chi connectivity index (χ0) is 38.1. The first-order valence-corrected chi connectivity index (χ1v) is 19.8. The lowest BCUT2D eigenvalue weighted by atomic mass is 9.82. The number of hydrogen-bond donors (Lipinski definition) is 0. The van der Waals surface area contributed by atoms with Gasteiger partial charge in [-0.3, -0.25) is 0 Å². The van der Waals surface area contributed by atoms with Crippen molar-refractivity contribution in [1.82, 2.24) is 4.57 Å². The van der Waals surface area contributed by atoms with E-state index in [1.165, 1.54) is 82.8 Å². The quantitative estimate of drug-likeness (QED) is 0.165. The van der Waals surface area contributed by atoms with E-state index in [2.05, 4.69) is 230 Å². The molecule has 2 nitrogen and oxygen atoms in total. The van der Waals surface area contributed by atoms with E-state index in [0.29, 0.717) is 0 Å². The molecule has 1 aliphatic rings. The summed E-state index contributed by atoms with van der Waals surface area (Å²) in [5.41, 5.74) is 17.1. The average molecular weight is 729 g/mol. The summed E-state index contributed by atoms with van der Waals surface area (Å²) in [7, 11) is 0. The molecule has 10 aromatic rings. The molecule has 1 aliphatic carbocycles. The molecule has 0 amide bonds. The van der Waals surface area contributed by atoms with Crippen molar-refractivity contribution in [3.63, 3.8) is 0 Å². The maximum absolute atomic E-state index is 2.45. The van der Waals surface area contributed by atoms with E-state index in [0.717, 1.165) is 17.1 Å². The Bertz CT molecular complexity index is 3130. The molecular weight excluding hydrogens is 689 g/mol. The second kappa shape index (κ2) is 13.0. The zero-order valence-corrected chi connectivity index (χ0v) is 32.0. The summed E-state index contributed by atoms with van der Waals surface area (Å²) in [6.45, 7) is 4.77. The van der Waals surface area contributed by atoms with Gasteiger partial charge < -0.3 is 9.47 Å². The molecule has 0 bridgehead atoms. The van der Waals surface area contributed by atoms with Crippen molar-refractivity contribution in [2.24, 2.45) is 0 Å². The SMILES string of the molecule is CC1(C)c2cc(N(c3ccccc3)c3ccc(-c4cccc5ccccc45)cc3)ccc2-c2ccc(-n3c4ccccc4c4cc(-c5ccccc5)ccc43)cc21. The van der Waals surface area contributed by atoms with Crippen molar-refractivity contribution in [1.29, 1.82) is 0 Å². The highest BCUT2D eigenvalue weighted by molar-refractivity contribution is 6.10. The van der Waals surface area contributed by atoms with Gasteiger partial charge in [0, 0.05) is 38.9 Å². The number of para-hydroxylation sites is 2. The summed E-state index contributed by atoms with van der Waals surface area (Å²) in [6.07, 6.45) is 0. The highest BCUT2D eigenvalue weighted by atomic mass is 15.1. The Labute approximate surface area is 333 Å². The van der Waals surface area contributed by atoms with E-state index in [1.807, 2.05) is 0 Å². The Balaban J connectivity index is 0.996. The summed E-state index contributed by atoms with van der Waals surface area (Å²) < 4.78 is 2.45. The Morgan fingerprint density at radius 1 is 0.368 bits per heavy atom. The molecule has 0 atom stereocenters. The topological polar surface area (TPSA) is 8.17 Å². The largest absolute Gasteiger partial charge is 0.310 e. The first-order valence-electron chi connectivity index (χ1n) is 19.8. The van der Waals surface area contributed by atoms with Crippen molar-refractivity contribution >= 4 is 49.6 Å². The first-order chi connectivity index (χ1) is 28.0. The lowest BCUT2D eigenvalue weighted by molar-refractivity contribution is 0.660. The molecule has 11 rings (SSSR count). The molecule has 0 N–H and O–H groups in total. The van der Waals surface area contributed by atoms with Crippen LogP contribution in [0.1, 0.15) is 25.0 Å². The van der Waals surface area contributed by atoms with Gasteiger partial charge in [-0.2, -0.15) is 0 Å². The van der Waals surface area contributed by atoms with E-state index >= 15 is 0 Å². The zero-order valence-electron chi connectivity index (χ0n) is 32.0. The van der Waals surface area contributed by atoms with Crippen molar-refractivity contribution in [2.45, 2.75) is 19.3 Å². The van der Waals surface area contributed by atoms with E-state index in [4.69, 9.17) is 0 Å². The molecule has 1 heterocycles. The van der Waals surface area contributed by atoms with E-state index < -0.39 is 0 Å². The highest BCUT2D eigenvalue weighted by Gasteiger charge is 2.36. The fourth-order valence-electron chi connectivity index (χ4n) is 9.34. The van der Waals surface area contributed by atoms with Crippen LogP contribution in [0.15, 0.2) is 206 Å². The van der Waals surface area contributed by atoms with Crippen LogP contribution in [-0.4, -0.2) is 4.57 Å². The van der Waals surface area contributed by atoms with Gasteiger partial charge in [0.05, 0.1) is 11.0 Å². The van der Waals surface area contributed by atoms with Gasteiger partial charge in [0.1, 0.15) is 0 Å². The van der Waals surface area contributed by atoms with Crippen LogP contribution >= 0.6 is 0 Å². The van der Waals surface area contributed by atoms with Gasteiger partial charge in [0.15, 0.2) is 0 Å². The number of benzene rings is 9. The molecule has 0 fully saturated rings. The minimum atomic E-state index is -0.212. The van der Waals surface area contributed by atoms with Crippen LogP contribution in [0.4, 0.5) is 17.1 Å². The van der Waals surface area contributed by atoms with Gasteiger partial charge in [-0.25, -0.2) is 0 Å². The van der Waals surface area contributed by atoms with Crippen LogP contribution in [-0.2, 0) is 5.41 Å². The Kier molecular flexibility index (Phi) is 7.55. The molecule has 0 spiro atoms. The number of fused-ring (bicyclic) bond motifs is 7. The summed E-state index contributed by atoms with van der Waals surface area (Å²) in [6, 6.07) is 75.5. The average Bonchev–Trinajstić information content (AvgIpc) is 3.72. The molecule has 2 heteroatoms. The molecule has 0 saturated carbocycles. The molecule has 0 radical (unpaired) electrons. The van der Waals surface area contributed by atoms with Gasteiger partial charge in [0.2, 0.25) is 0 Å². The molecule has 0 unspecified atom stereocenters. The van der Waals surface area contributed by atoms with Crippen molar-refractivity contribution < 1.29 is 0 Å². The van der Waals surface area contributed by atoms with Gasteiger partial charge in [-0.15, -0.1) is 0 Å². The van der Waals surface area contributed by atoms with E-state index in [-0.39, 0.29) is 5.41 Å². The van der Waals surface area contributed by atoms with E-state index in [9.17, 15) is 0 Å². The monoisotopic (exact) mass is 728 g/mol. The summed E-state index contributed by atoms with van der Waals surface area (Å²) in [5, 5.41) is 5.06. The third kappa shape index (κ3) is 5.33. The van der Waals surface area contributed by atoms with Gasteiger partial charge in [-0.05, 0) is 122 Å². The minimum Gasteiger partial charge on any atom is -0.310 e. The second-order valence-corrected chi connectivity index (χ2v) is 15.8. The van der Waals surface area contributed by atoms with Gasteiger partial charge in [-0.1, -0.05) is 153 Å². The molecule has 9 aromatic carbocycles. The van der Waals surface area contributed by atoms with Crippen LogP contribution in [0.2, 0.25) is 0 Å². The van der Waals surface area contributed by atoms with Gasteiger partial charge in [0.25, 0.3) is 0 Å². The minimum absolute atomic E-state index is 0.212. The number of rotatable bonds is 6. The first kappa shape index (κ1) is 33.2. The smallest absolute Gasteiger partial charge is 0.0541 e. The van der Waals surface area contributed by atoms with Crippen LogP contribution < -0.4 is 4.90 Å². The fourth-order valence-corrected chi connectivity index (χ4v) is 9.34. The highest BCUT2D eigenvalue weighted by Crippen LogP contribution is 2.52. The van der Waals surface area contributed by atoms with Crippen LogP contribution in [0.5, 0.6) is 0 Å². The van der Waals surface area contributed by atoms with Crippen molar-refractivity contribution in [3.8, 4) is 39.1 Å². The van der Waals surface area contributed by atoms with Gasteiger partial charge >= 0.3 is 0 Å². The van der Waals surface area contributed by atoms with Crippen LogP contribution in [0.3, 0.4) is 0 Å². The molecule has 1 aromatic heterocycles. The number of aromatic nitrogens is 1. The summed E-state index contributed by atoms with van der Waals surface area (Å²) in [5.74, 6) is 0. The molecule has 0 aliphatic heterocycles. The predicted molar refractivity (Wildman–Crippen MR) is 241 cm³/mol. The lowest BCUT2D eigenvalue weighted by Crippen LogP contribution is -2.17. The van der Waals surface area contributed by atoms with Crippen LogP contribution in [0.25, 0.3) is 71.6 Å². The Morgan fingerprint density at radius 2 is 0.965 bits per heavy atom. The fraction of sp³-hybridized carbons (Fsp3) is 0.0545. The summed E-state index contributed by atoms with van der Waals surface area (Å²) >= 11 is 0. The second-order valence-electron chi connectivity index (χ2n) is 15.8. The van der Waals surface area contributed by atoms with Crippen molar-refractivity contribution in [3.05, 3.63) is 217 Å². The van der Waals surface area contributed by atoms with Crippen molar-refractivity contribution in [2.75, 3.05) is 4.90 Å². The normalized spacial score (nSPS) is 12.9. The third-order valence-electron chi connectivity index (χ3n) is 12.2. The third-order valence-corrected chi connectivity index (χ3v) is 12.2. The standard InChI is InChI=1S/C55H40N2/c1-55(2)51-35-43(56(41-18-7-4-8-19-41)42-27-24-39(25-28-42)46-22-13-17-38-16-9-10-20-45(38)46)29-31-47(51)48-32-30-44(36-52(48)55)57-53-23-12-11-21-49(53)50-34-40(26-33-54(50)57)37-14-5-3-6-15-37/h3-36H,1-2H3. The Morgan fingerprint density at radius 3 is 1.77 bits per heavy atom. The molecule has 57 heavy (non-hydrogen) atoms. The maximum Gasteiger partial charge on any atom is 0.0541 e. The number of anilines is 3. The van der Waals surface area contributed by atoms with E-state index in [1.54, 1.807) is 0 Å². The number of hydrogen-bond acceptors (Lipinski definition) is 1. The Hall–Kier alpha value is -7.16. The maximum atomic E-state index is 2.45. The molecular formula is C55H40N2.